The van der Waals surface area contributed by atoms with Crippen molar-refractivity contribution in [3.05, 3.63) is 49.7 Å². The first kappa shape index (κ1) is 14.9. The number of rotatable bonds is 4. The maximum absolute atomic E-state index is 10.9. The van der Waals surface area contributed by atoms with Crippen LogP contribution in [0.2, 0.25) is 5.02 Å². The van der Waals surface area contributed by atoms with Crippen molar-refractivity contribution in [2.24, 2.45) is 0 Å². The maximum atomic E-state index is 10.9. The highest BCUT2D eigenvalue weighted by molar-refractivity contribution is 7.14. The van der Waals surface area contributed by atoms with Gasteiger partial charge >= 0.3 is 5.97 Å². The molecule has 0 aliphatic heterocycles. The van der Waals surface area contributed by atoms with Crippen LogP contribution < -0.4 is 4.74 Å². The number of halogens is 1. The van der Waals surface area contributed by atoms with Gasteiger partial charge in [-0.15, -0.1) is 11.3 Å². The normalized spacial score (nSPS) is 10.6. The molecule has 1 heterocycles. The van der Waals surface area contributed by atoms with E-state index in [0.29, 0.717) is 11.5 Å². The van der Waals surface area contributed by atoms with E-state index in [-0.39, 0.29) is 0 Å². The minimum Gasteiger partial charge on any atom is -0.489 e. The van der Waals surface area contributed by atoms with Gasteiger partial charge < -0.3 is 9.84 Å². The summed E-state index contributed by atoms with van der Waals surface area (Å²) in [5.41, 5.74) is 2.84. The molecule has 0 radical (unpaired) electrons. The number of thiophene rings is 1. The van der Waals surface area contributed by atoms with Crippen molar-refractivity contribution in [2.75, 3.05) is 0 Å². The minimum atomic E-state index is -0.900. The first-order chi connectivity index (χ1) is 9.38. The first-order valence-electron chi connectivity index (χ1n) is 6.10. The average molecular weight is 311 g/mol. The van der Waals surface area contributed by atoms with Crippen LogP contribution in [0.3, 0.4) is 0 Å². The van der Waals surface area contributed by atoms with Crippen LogP contribution in [0.4, 0.5) is 0 Å². The summed E-state index contributed by atoms with van der Waals surface area (Å²) in [6.45, 7) is 6.12. The van der Waals surface area contributed by atoms with Gasteiger partial charge in [0.05, 0.1) is 0 Å². The lowest BCUT2D eigenvalue weighted by Crippen LogP contribution is -1.97. The van der Waals surface area contributed by atoms with Gasteiger partial charge in [0.15, 0.2) is 0 Å². The predicted molar refractivity (Wildman–Crippen MR) is 81.3 cm³/mol. The number of hydrogen-bond donors (Lipinski definition) is 1. The van der Waals surface area contributed by atoms with Crippen molar-refractivity contribution >= 4 is 28.9 Å². The first-order valence-corrected chi connectivity index (χ1v) is 7.30. The summed E-state index contributed by atoms with van der Waals surface area (Å²) in [5.74, 6) is -0.158. The molecule has 5 heteroatoms. The summed E-state index contributed by atoms with van der Waals surface area (Å²) in [6.07, 6.45) is 0. The highest BCUT2D eigenvalue weighted by Gasteiger charge is 2.12. The van der Waals surface area contributed by atoms with E-state index in [1.807, 2.05) is 32.9 Å². The minimum absolute atomic E-state index is 0.338. The molecule has 0 unspecified atom stereocenters. The third-order valence-electron chi connectivity index (χ3n) is 3.04. The van der Waals surface area contributed by atoms with Crippen LogP contribution in [0.15, 0.2) is 18.2 Å². The van der Waals surface area contributed by atoms with Crippen LogP contribution in [0.5, 0.6) is 5.75 Å². The lowest BCUT2D eigenvalue weighted by atomic mass is 10.1. The molecule has 0 aliphatic carbocycles. The molecule has 0 atom stereocenters. The molecule has 2 rings (SSSR count). The number of benzene rings is 1. The van der Waals surface area contributed by atoms with Gasteiger partial charge in [-0.3, -0.25) is 0 Å². The Balaban J connectivity index is 2.15. The largest absolute Gasteiger partial charge is 0.489 e. The Morgan fingerprint density at radius 2 is 1.85 bits per heavy atom. The van der Waals surface area contributed by atoms with Crippen LogP contribution >= 0.6 is 22.9 Å². The molecule has 0 bridgehead atoms. The van der Waals surface area contributed by atoms with Crippen molar-refractivity contribution in [1.82, 2.24) is 0 Å². The van der Waals surface area contributed by atoms with E-state index in [2.05, 4.69) is 0 Å². The van der Waals surface area contributed by atoms with Crippen molar-refractivity contribution in [3.63, 3.8) is 0 Å². The molecule has 0 amide bonds. The van der Waals surface area contributed by atoms with Gasteiger partial charge in [-0.1, -0.05) is 11.6 Å². The number of carboxylic acid groups (broad SMARTS) is 1. The molecule has 0 saturated carbocycles. The van der Waals surface area contributed by atoms with E-state index in [0.717, 1.165) is 32.3 Å². The second kappa shape index (κ2) is 5.85. The molecular weight excluding hydrogens is 296 g/mol. The second-order valence-electron chi connectivity index (χ2n) is 4.66. The molecule has 20 heavy (non-hydrogen) atoms. The van der Waals surface area contributed by atoms with Crippen LogP contribution in [0, 0.1) is 20.8 Å². The van der Waals surface area contributed by atoms with Crippen LogP contribution in [-0.4, -0.2) is 11.1 Å². The van der Waals surface area contributed by atoms with Gasteiger partial charge in [0, 0.05) is 15.5 Å². The highest BCUT2D eigenvalue weighted by Crippen LogP contribution is 2.28. The fourth-order valence-electron chi connectivity index (χ4n) is 1.92. The Kier molecular flexibility index (Phi) is 4.35. The van der Waals surface area contributed by atoms with Gasteiger partial charge in [-0.25, -0.2) is 4.79 Å². The average Bonchev–Trinajstić information content (AvgIpc) is 2.75. The summed E-state index contributed by atoms with van der Waals surface area (Å²) < 4.78 is 5.74. The number of aryl methyl sites for hydroxylation is 3. The molecule has 0 spiro atoms. The van der Waals surface area contributed by atoms with E-state index in [4.69, 9.17) is 21.4 Å². The smallest absolute Gasteiger partial charge is 0.345 e. The summed E-state index contributed by atoms with van der Waals surface area (Å²) in [7, 11) is 0. The second-order valence-corrected chi connectivity index (χ2v) is 6.29. The Morgan fingerprint density at radius 1 is 1.25 bits per heavy atom. The summed E-state index contributed by atoms with van der Waals surface area (Å²) in [5, 5.41) is 9.71. The van der Waals surface area contributed by atoms with Crippen LogP contribution in [0.25, 0.3) is 0 Å². The van der Waals surface area contributed by atoms with E-state index >= 15 is 0 Å². The lowest BCUT2D eigenvalue weighted by molar-refractivity contribution is 0.0702. The fraction of sp³-hybridized carbons (Fsp3) is 0.267. The highest BCUT2D eigenvalue weighted by atomic mass is 35.5. The Hall–Kier alpha value is -1.52. The van der Waals surface area contributed by atoms with Crippen molar-refractivity contribution in [2.45, 2.75) is 27.4 Å². The molecule has 0 aliphatic rings. The third-order valence-corrected chi connectivity index (χ3v) is 4.71. The lowest BCUT2D eigenvalue weighted by Gasteiger charge is -2.09. The monoisotopic (exact) mass is 310 g/mol. The summed E-state index contributed by atoms with van der Waals surface area (Å²) >= 11 is 7.38. The Bertz CT molecular complexity index is 638. The van der Waals surface area contributed by atoms with E-state index < -0.39 is 5.97 Å². The van der Waals surface area contributed by atoms with Crippen molar-refractivity contribution < 1.29 is 14.6 Å². The molecule has 3 nitrogen and oxygen atoms in total. The van der Waals surface area contributed by atoms with Gasteiger partial charge in [-0.05, 0) is 50.1 Å². The Morgan fingerprint density at radius 3 is 2.35 bits per heavy atom. The van der Waals surface area contributed by atoms with Gasteiger partial charge in [0.2, 0.25) is 0 Å². The van der Waals surface area contributed by atoms with E-state index in [9.17, 15) is 4.79 Å². The topological polar surface area (TPSA) is 46.5 Å². The molecule has 2 aromatic rings. The molecule has 1 aromatic carbocycles. The van der Waals surface area contributed by atoms with Crippen LogP contribution in [0.1, 0.15) is 31.2 Å². The number of carboxylic acids is 1. The molecular formula is C15H15ClO3S. The zero-order valence-electron chi connectivity index (χ0n) is 11.5. The van der Waals surface area contributed by atoms with Gasteiger partial charge in [0.1, 0.15) is 17.2 Å². The van der Waals surface area contributed by atoms with Crippen molar-refractivity contribution in [1.29, 1.82) is 0 Å². The standard InChI is InChI=1S/C15H15ClO3S/c1-8-4-12(5-9(2)14(8)16)19-7-11-6-13(15(17)18)20-10(11)3/h4-6H,7H2,1-3H3,(H,17,18). The summed E-state index contributed by atoms with van der Waals surface area (Å²) in [4.78, 5) is 12.2. The zero-order chi connectivity index (χ0) is 14.9. The van der Waals surface area contributed by atoms with Gasteiger partial charge in [-0.2, -0.15) is 0 Å². The molecule has 0 saturated heterocycles. The van der Waals surface area contributed by atoms with Crippen molar-refractivity contribution in [3.8, 4) is 5.75 Å². The van der Waals surface area contributed by atoms with E-state index in [1.54, 1.807) is 6.07 Å². The molecule has 0 fully saturated rings. The number of hydrogen-bond acceptors (Lipinski definition) is 3. The Labute approximate surface area is 126 Å². The number of carbonyl (C=O) groups is 1. The maximum Gasteiger partial charge on any atom is 0.345 e. The fourth-order valence-corrected chi connectivity index (χ4v) is 2.90. The predicted octanol–water partition coefficient (Wildman–Crippen LogP) is 4.60. The number of aromatic carboxylic acids is 1. The molecule has 1 aromatic heterocycles. The SMILES string of the molecule is Cc1cc(OCc2cc(C(=O)O)sc2C)cc(C)c1Cl. The molecule has 106 valence electrons. The van der Waals surface area contributed by atoms with Gasteiger partial charge in [0.25, 0.3) is 0 Å². The summed E-state index contributed by atoms with van der Waals surface area (Å²) in [6, 6.07) is 5.43. The number of ether oxygens (including phenoxy) is 1. The third kappa shape index (κ3) is 3.14. The molecule has 1 N–H and O–H groups in total. The van der Waals surface area contributed by atoms with E-state index in [1.165, 1.54) is 11.3 Å². The zero-order valence-corrected chi connectivity index (χ0v) is 13.1. The van der Waals surface area contributed by atoms with Crippen LogP contribution in [-0.2, 0) is 6.61 Å². The quantitative estimate of drug-likeness (QED) is 0.897.